The average molecular weight is 205 g/mol. The van der Waals surface area contributed by atoms with Crippen LogP contribution in [0.2, 0.25) is 5.02 Å². The van der Waals surface area contributed by atoms with Crippen LogP contribution in [0.25, 0.3) is 0 Å². The van der Waals surface area contributed by atoms with E-state index >= 15 is 0 Å². The highest BCUT2D eigenvalue weighted by molar-refractivity contribution is 6.31. The number of phenolic OH excluding ortho intramolecular Hbond substituents is 1. The minimum Gasteiger partial charge on any atom is -0.505 e. The number of hydrogen-bond acceptors (Lipinski definition) is 2. The molecule has 1 rings (SSSR count). The number of aliphatic hydroxyl groups is 1. The van der Waals surface area contributed by atoms with Gasteiger partial charge in [-0.3, -0.25) is 0 Å². The zero-order chi connectivity index (χ0) is 10.2. The van der Waals surface area contributed by atoms with Gasteiger partial charge in [0.1, 0.15) is 0 Å². The van der Waals surface area contributed by atoms with Gasteiger partial charge in [-0.1, -0.05) is 11.6 Å². The van der Waals surface area contributed by atoms with Crippen LogP contribution < -0.4 is 0 Å². The third-order valence-electron chi connectivity index (χ3n) is 1.91. The molecule has 2 nitrogen and oxygen atoms in total. The predicted molar refractivity (Wildman–Crippen MR) is 48.4 cm³/mol. The molecular weight excluding hydrogens is 195 g/mol. The van der Waals surface area contributed by atoms with E-state index in [1.165, 1.54) is 6.92 Å². The summed E-state index contributed by atoms with van der Waals surface area (Å²) in [5.41, 5.74) is 0.639. The molecule has 0 fully saturated rings. The van der Waals surface area contributed by atoms with E-state index in [0.717, 1.165) is 6.07 Å². The standard InChI is InChI=1S/C9H10ClFO2/c1-4-6(10)3-7(11)9(13)8(4)5(2)12/h3,5,12-13H,1-2H3. The minimum absolute atomic E-state index is 0.144. The van der Waals surface area contributed by atoms with E-state index in [0.29, 0.717) is 5.56 Å². The minimum atomic E-state index is -0.937. The summed E-state index contributed by atoms with van der Waals surface area (Å²) >= 11 is 5.67. The molecule has 72 valence electrons. The highest BCUT2D eigenvalue weighted by Gasteiger charge is 2.17. The van der Waals surface area contributed by atoms with Crippen molar-refractivity contribution < 1.29 is 14.6 Å². The Morgan fingerprint density at radius 2 is 2.08 bits per heavy atom. The van der Waals surface area contributed by atoms with Crippen molar-refractivity contribution in [2.75, 3.05) is 0 Å². The van der Waals surface area contributed by atoms with Gasteiger partial charge in [0.15, 0.2) is 11.6 Å². The van der Waals surface area contributed by atoms with Crippen LogP contribution in [0, 0.1) is 12.7 Å². The Kier molecular flexibility index (Phi) is 2.78. The largest absolute Gasteiger partial charge is 0.505 e. The van der Waals surface area contributed by atoms with Crippen LogP contribution in [0.5, 0.6) is 5.75 Å². The lowest BCUT2D eigenvalue weighted by molar-refractivity contribution is 0.193. The fourth-order valence-electron chi connectivity index (χ4n) is 1.23. The maximum absolute atomic E-state index is 12.9. The number of aliphatic hydroxyl groups excluding tert-OH is 1. The molecule has 1 aromatic carbocycles. The lowest BCUT2D eigenvalue weighted by atomic mass is 10.0. The summed E-state index contributed by atoms with van der Waals surface area (Å²) in [5.74, 6) is -1.34. The topological polar surface area (TPSA) is 40.5 Å². The predicted octanol–water partition coefficient (Wildman–Crippen LogP) is 2.55. The summed E-state index contributed by atoms with van der Waals surface area (Å²) in [4.78, 5) is 0. The maximum Gasteiger partial charge on any atom is 0.166 e. The number of halogens is 2. The first-order valence-corrected chi connectivity index (χ1v) is 4.18. The first-order valence-electron chi connectivity index (χ1n) is 3.80. The summed E-state index contributed by atoms with van der Waals surface area (Å²) in [6.45, 7) is 3.06. The molecule has 1 unspecified atom stereocenters. The zero-order valence-corrected chi connectivity index (χ0v) is 8.06. The fraction of sp³-hybridized carbons (Fsp3) is 0.333. The van der Waals surface area contributed by atoms with Crippen LogP contribution >= 0.6 is 11.6 Å². The van der Waals surface area contributed by atoms with Crippen LogP contribution in [0.3, 0.4) is 0 Å². The van der Waals surface area contributed by atoms with Gasteiger partial charge in [0.25, 0.3) is 0 Å². The van der Waals surface area contributed by atoms with Gasteiger partial charge >= 0.3 is 0 Å². The molecule has 0 aliphatic rings. The van der Waals surface area contributed by atoms with E-state index in [4.69, 9.17) is 11.6 Å². The Balaban J connectivity index is 3.46. The molecule has 0 aliphatic carbocycles. The molecular formula is C9H10ClFO2. The number of rotatable bonds is 1. The Labute approximate surface area is 80.6 Å². The van der Waals surface area contributed by atoms with Gasteiger partial charge in [0.05, 0.1) is 6.10 Å². The van der Waals surface area contributed by atoms with Crippen LogP contribution in [-0.4, -0.2) is 10.2 Å². The lowest BCUT2D eigenvalue weighted by Crippen LogP contribution is -1.98. The van der Waals surface area contributed by atoms with Crippen molar-refractivity contribution in [3.05, 3.63) is 28.0 Å². The van der Waals surface area contributed by atoms with Gasteiger partial charge in [-0.05, 0) is 25.5 Å². The van der Waals surface area contributed by atoms with Crippen molar-refractivity contribution >= 4 is 11.6 Å². The molecule has 0 bridgehead atoms. The maximum atomic E-state index is 12.9. The highest BCUT2D eigenvalue weighted by Crippen LogP contribution is 2.34. The molecule has 0 spiro atoms. The third-order valence-corrected chi connectivity index (χ3v) is 2.31. The summed E-state index contributed by atoms with van der Waals surface area (Å²) in [7, 11) is 0. The fourth-order valence-corrected chi connectivity index (χ4v) is 1.43. The summed E-state index contributed by atoms with van der Waals surface area (Å²) in [6.07, 6.45) is -0.937. The molecule has 13 heavy (non-hydrogen) atoms. The van der Waals surface area contributed by atoms with Crippen molar-refractivity contribution in [1.29, 1.82) is 0 Å². The van der Waals surface area contributed by atoms with Crippen molar-refractivity contribution in [1.82, 2.24) is 0 Å². The molecule has 0 heterocycles. The molecule has 0 saturated carbocycles. The van der Waals surface area contributed by atoms with Crippen LogP contribution in [-0.2, 0) is 0 Å². The summed E-state index contributed by atoms with van der Waals surface area (Å²) in [5, 5.41) is 18.7. The van der Waals surface area contributed by atoms with Gasteiger partial charge < -0.3 is 10.2 Å². The van der Waals surface area contributed by atoms with Gasteiger partial charge in [-0.15, -0.1) is 0 Å². The second-order valence-electron chi connectivity index (χ2n) is 2.90. The van der Waals surface area contributed by atoms with Crippen molar-refractivity contribution in [2.45, 2.75) is 20.0 Å². The van der Waals surface area contributed by atoms with Gasteiger partial charge in [-0.25, -0.2) is 4.39 Å². The molecule has 4 heteroatoms. The van der Waals surface area contributed by atoms with Gasteiger partial charge in [0.2, 0.25) is 0 Å². The quantitative estimate of drug-likeness (QED) is 0.738. The van der Waals surface area contributed by atoms with Crippen LogP contribution in [0.1, 0.15) is 24.2 Å². The van der Waals surface area contributed by atoms with E-state index in [9.17, 15) is 14.6 Å². The number of phenols is 1. The molecule has 0 amide bonds. The first kappa shape index (κ1) is 10.3. The first-order chi connectivity index (χ1) is 5.95. The van der Waals surface area contributed by atoms with E-state index in [1.54, 1.807) is 6.92 Å². The van der Waals surface area contributed by atoms with E-state index in [1.807, 2.05) is 0 Å². The van der Waals surface area contributed by atoms with Crippen molar-refractivity contribution in [3.63, 3.8) is 0 Å². The second-order valence-corrected chi connectivity index (χ2v) is 3.31. The molecule has 0 aromatic heterocycles. The summed E-state index contributed by atoms with van der Waals surface area (Å²) in [6, 6.07) is 1.03. The number of hydrogen-bond donors (Lipinski definition) is 2. The zero-order valence-electron chi connectivity index (χ0n) is 7.31. The smallest absolute Gasteiger partial charge is 0.166 e. The highest BCUT2D eigenvalue weighted by atomic mass is 35.5. The molecule has 1 aromatic rings. The molecule has 1 atom stereocenters. The molecule has 0 saturated heterocycles. The molecule has 0 aliphatic heterocycles. The molecule has 2 N–H and O–H groups in total. The van der Waals surface area contributed by atoms with Crippen molar-refractivity contribution in [3.8, 4) is 5.75 Å². The average Bonchev–Trinajstić information content (AvgIpc) is 2.01. The normalized spacial score (nSPS) is 13.0. The Morgan fingerprint density at radius 1 is 1.54 bits per heavy atom. The summed E-state index contributed by atoms with van der Waals surface area (Å²) < 4.78 is 12.9. The van der Waals surface area contributed by atoms with Crippen molar-refractivity contribution in [2.24, 2.45) is 0 Å². The van der Waals surface area contributed by atoms with E-state index in [-0.39, 0.29) is 10.6 Å². The Bertz CT molecular complexity index is 311. The van der Waals surface area contributed by atoms with Gasteiger partial charge in [0, 0.05) is 10.6 Å². The Hall–Kier alpha value is -0.800. The SMILES string of the molecule is Cc1c(Cl)cc(F)c(O)c1C(C)O. The van der Waals surface area contributed by atoms with E-state index < -0.39 is 17.7 Å². The molecule has 0 radical (unpaired) electrons. The number of aromatic hydroxyl groups is 1. The number of benzene rings is 1. The Morgan fingerprint density at radius 3 is 2.54 bits per heavy atom. The monoisotopic (exact) mass is 204 g/mol. The van der Waals surface area contributed by atoms with Crippen LogP contribution in [0.4, 0.5) is 4.39 Å². The second kappa shape index (κ2) is 3.52. The third kappa shape index (κ3) is 1.76. The lowest BCUT2D eigenvalue weighted by Gasteiger charge is -2.12. The van der Waals surface area contributed by atoms with Gasteiger partial charge in [-0.2, -0.15) is 0 Å². The van der Waals surface area contributed by atoms with E-state index in [2.05, 4.69) is 0 Å². The van der Waals surface area contributed by atoms with Crippen LogP contribution in [0.15, 0.2) is 6.07 Å².